The summed E-state index contributed by atoms with van der Waals surface area (Å²) in [6.45, 7) is 2.41. The van der Waals surface area contributed by atoms with Crippen LogP contribution in [0.1, 0.15) is 71.1 Å². The molecule has 0 amide bonds. The molecule has 0 radical (unpaired) electrons. The van der Waals surface area contributed by atoms with Gasteiger partial charge in [-0.05, 0) is 80.1 Å². The van der Waals surface area contributed by atoms with Crippen molar-refractivity contribution in [2.75, 3.05) is 0 Å². The van der Waals surface area contributed by atoms with Gasteiger partial charge in [0.05, 0.1) is 0 Å². The molecule has 21 heavy (non-hydrogen) atoms. The first-order valence-electron chi connectivity index (χ1n) is 9.17. The summed E-state index contributed by atoms with van der Waals surface area (Å²) in [6, 6.07) is 0. The van der Waals surface area contributed by atoms with Crippen LogP contribution < -0.4 is 0 Å². The first-order chi connectivity index (χ1) is 10.4. The molecular formula is C21H28. The molecule has 4 aliphatic carbocycles. The summed E-state index contributed by atoms with van der Waals surface area (Å²) in [6.07, 6.45) is 21.3. The maximum atomic E-state index is 2.61. The van der Waals surface area contributed by atoms with E-state index in [-0.39, 0.29) is 0 Å². The van der Waals surface area contributed by atoms with Crippen LogP contribution in [-0.2, 0) is 0 Å². The number of hydrogen-bond donors (Lipinski definition) is 0. The van der Waals surface area contributed by atoms with Crippen molar-refractivity contribution in [3.05, 3.63) is 46.1 Å². The third-order valence-electron chi connectivity index (χ3n) is 6.20. The Labute approximate surface area is 129 Å². The Hall–Kier alpha value is -1.04. The molecule has 1 fully saturated rings. The largest absolute Gasteiger partial charge is 0.0836 e. The van der Waals surface area contributed by atoms with Crippen LogP contribution >= 0.6 is 0 Å². The summed E-state index contributed by atoms with van der Waals surface area (Å²) in [5.41, 5.74) is 8.63. The monoisotopic (exact) mass is 280 g/mol. The van der Waals surface area contributed by atoms with Gasteiger partial charge in [0, 0.05) is 5.92 Å². The van der Waals surface area contributed by atoms with Crippen LogP contribution in [0, 0.1) is 11.8 Å². The van der Waals surface area contributed by atoms with Crippen LogP contribution in [0.3, 0.4) is 0 Å². The fourth-order valence-corrected chi connectivity index (χ4v) is 5.17. The maximum absolute atomic E-state index is 2.61. The van der Waals surface area contributed by atoms with Crippen LogP contribution in [0.5, 0.6) is 0 Å². The van der Waals surface area contributed by atoms with Crippen molar-refractivity contribution in [1.82, 2.24) is 0 Å². The second kappa shape index (κ2) is 5.63. The van der Waals surface area contributed by atoms with Crippen molar-refractivity contribution in [2.24, 2.45) is 11.8 Å². The second-order valence-corrected chi connectivity index (χ2v) is 7.41. The zero-order chi connectivity index (χ0) is 14.2. The highest BCUT2D eigenvalue weighted by atomic mass is 14.4. The lowest BCUT2D eigenvalue weighted by molar-refractivity contribution is 0.393. The third kappa shape index (κ3) is 2.28. The lowest BCUT2D eigenvalue weighted by Crippen LogP contribution is -2.25. The minimum absolute atomic E-state index is 0.747. The fourth-order valence-electron chi connectivity index (χ4n) is 5.17. The summed E-state index contributed by atoms with van der Waals surface area (Å²) in [7, 11) is 0. The lowest BCUT2D eigenvalue weighted by atomic mass is 9.65. The van der Waals surface area contributed by atoms with Gasteiger partial charge in [0.15, 0.2) is 0 Å². The summed E-state index contributed by atoms with van der Waals surface area (Å²) >= 11 is 0. The Morgan fingerprint density at radius 2 is 1.81 bits per heavy atom. The van der Waals surface area contributed by atoms with Crippen LogP contribution in [0.4, 0.5) is 0 Å². The maximum Gasteiger partial charge on any atom is 0.00543 e. The van der Waals surface area contributed by atoms with Crippen molar-refractivity contribution in [2.45, 2.75) is 71.1 Å². The predicted octanol–water partition coefficient (Wildman–Crippen LogP) is 6.27. The Bertz CT molecular complexity index is 547. The van der Waals surface area contributed by atoms with E-state index in [1.807, 2.05) is 5.57 Å². The van der Waals surface area contributed by atoms with E-state index in [2.05, 4.69) is 25.2 Å². The number of hydrogen-bond acceptors (Lipinski definition) is 0. The van der Waals surface area contributed by atoms with E-state index in [1.54, 1.807) is 22.3 Å². The van der Waals surface area contributed by atoms with Crippen molar-refractivity contribution in [1.29, 1.82) is 0 Å². The number of allylic oxidation sites excluding steroid dienone is 8. The molecule has 4 aliphatic rings. The fraction of sp³-hybridized carbons (Fsp3) is 0.619. The van der Waals surface area contributed by atoms with Gasteiger partial charge < -0.3 is 0 Å². The Morgan fingerprint density at radius 1 is 0.952 bits per heavy atom. The molecule has 0 aromatic rings. The summed E-state index contributed by atoms with van der Waals surface area (Å²) < 4.78 is 0. The molecule has 0 aliphatic heterocycles. The van der Waals surface area contributed by atoms with E-state index in [0.29, 0.717) is 0 Å². The number of fused-ring (bicyclic) bond motifs is 2. The zero-order valence-electron chi connectivity index (χ0n) is 13.5. The molecule has 0 spiro atoms. The molecule has 0 heterocycles. The van der Waals surface area contributed by atoms with Gasteiger partial charge in [-0.2, -0.15) is 0 Å². The topological polar surface area (TPSA) is 0 Å². The van der Waals surface area contributed by atoms with E-state index < -0.39 is 0 Å². The van der Waals surface area contributed by atoms with Gasteiger partial charge in [-0.3, -0.25) is 0 Å². The molecule has 1 atom stereocenters. The zero-order valence-corrected chi connectivity index (χ0v) is 13.5. The average molecular weight is 280 g/mol. The minimum atomic E-state index is 0.747. The van der Waals surface area contributed by atoms with Crippen LogP contribution in [0.15, 0.2) is 46.1 Å². The lowest BCUT2D eigenvalue weighted by Gasteiger charge is -2.40. The molecule has 1 unspecified atom stereocenters. The normalized spacial score (nSPS) is 30.1. The van der Waals surface area contributed by atoms with E-state index in [1.165, 1.54) is 64.2 Å². The standard InChI is InChI=1S/C21H28/c1-15-17-11-5-7-13-19(17)21(16-9-3-2-4-10-16)20-14-8-6-12-18(15)20/h5,11,14,16,18H,2-4,6-10,12-13H2,1H3. The molecule has 0 nitrogen and oxygen atoms in total. The van der Waals surface area contributed by atoms with E-state index >= 15 is 0 Å². The molecular weight excluding hydrogens is 252 g/mol. The van der Waals surface area contributed by atoms with Crippen molar-refractivity contribution in [3.63, 3.8) is 0 Å². The first kappa shape index (κ1) is 13.6. The van der Waals surface area contributed by atoms with Gasteiger partial charge in [0.1, 0.15) is 0 Å². The van der Waals surface area contributed by atoms with Crippen molar-refractivity contribution < 1.29 is 0 Å². The third-order valence-corrected chi connectivity index (χ3v) is 6.20. The van der Waals surface area contributed by atoms with Gasteiger partial charge in [0.2, 0.25) is 0 Å². The smallest absolute Gasteiger partial charge is 0.00543 e. The molecule has 0 bridgehead atoms. The first-order valence-corrected chi connectivity index (χ1v) is 9.17. The summed E-state index contributed by atoms with van der Waals surface area (Å²) in [4.78, 5) is 0. The van der Waals surface area contributed by atoms with Gasteiger partial charge in [-0.1, -0.05) is 43.1 Å². The van der Waals surface area contributed by atoms with Crippen LogP contribution in [0.25, 0.3) is 0 Å². The Morgan fingerprint density at radius 3 is 2.67 bits per heavy atom. The highest BCUT2D eigenvalue weighted by Gasteiger charge is 2.35. The van der Waals surface area contributed by atoms with Gasteiger partial charge in [0.25, 0.3) is 0 Å². The molecule has 0 aromatic carbocycles. The quantitative estimate of drug-likeness (QED) is 0.531. The van der Waals surface area contributed by atoms with Crippen molar-refractivity contribution >= 4 is 0 Å². The van der Waals surface area contributed by atoms with E-state index in [9.17, 15) is 0 Å². The van der Waals surface area contributed by atoms with Gasteiger partial charge in [-0.25, -0.2) is 0 Å². The molecule has 0 N–H and O–H groups in total. The van der Waals surface area contributed by atoms with E-state index in [0.717, 1.165) is 11.8 Å². The molecule has 4 rings (SSSR count). The minimum Gasteiger partial charge on any atom is -0.0836 e. The molecule has 0 saturated heterocycles. The molecule has 112 valence electrons. The molecule has 0 aromatic heterocycles. The van der Waals surface area contributed by atoms with Crippen LogP contribution in [-0.4, -0.2) is 0 Å². The predicted molar refractivity (Wildman–Crippen MR) is 90.1 cm³/mol. The molecule has 1 saturated carbocycles. The van der Waals surface area contributed by atoms with E-state index in [4.69, 9.17) is 0 Å². The second-order valence-electron chi connectivity index (χ2n) is 7.41. The number of rotatable bonds is 1. The molecule has 0 heteroatoms. The summed E-state index contributed by atoms with van der Waals surface area (Å²) in [5, 5.41) is 0. The van der Waals surface area contributed by atoms with Gasteiger partial charge in [-0.15, -0.1) is 0 Å². The van der Waals surface area contributed by atoms with Crippen molar-refractivity contribution in [3.8, 4) is 0 Å². The Balaban J connectivity index is 1.85. The SMILES string of the molecule is CC1=C2C=CCCC2=C(C2CCCCC2)C2=CCCCC21. The highest BCUT2D eigenvalue weighted by molar-refractivity contribution is 5.60. The highest BCUT2D eigenvalue weighted by Crippen LogP contribution is 2.50. The Kier molecular flexibility index (Phi) is 3.65. The van der Waals surface area contributed by atoms with Crippen LogP contribution in [0.2, 0.25) is 0 Å². The van der Waals surface area contributed by atoms with Gasteiger partial charge >= 0.3 is 0 Å². The summed E-state index contributed by atoms with van der Waals surface area (Å²) in [5.74, 6) is 1.62. The average Bonchev–Trinajstić information content (AvgIpc) is 2.56.